The average Bonchev–Trinajstić information content (AvgIpc) is 3.14. The Morgan fingerprint density at radius 1 is 1.19 bits per heavy atom. The first-order valence-corrected chi connectivity index (χ1v) is 11.1. The Morgan fingerprint density at radius 3 is 2.54 bits per heavy atom. The molecular weight excluding hydrogens is 344 g/mol. The molecule has 0 spiro atoms. The van der Waals surface area contributed by atoms with Gasteiger partial charge in [0.1, 0.15) is 0 Å². The lowest BCUT2D eigenvalue weighted by molar-refractivity contribution is 0.0789. The van der Waals surface area contributed by atoms with Crippen LogP contribution in [0.15, 0.2) is 9.42 Å². The van der Waals surface area contributed by atoms with Crippen molar-refractivity contribution in [2.75, 3.05) is 0 Å². The fourth-order valence-corrected chi connectivity index (χ4v) is 6.99. The molecule has 1 amide bonds. The molecule has 1 aromatic rings. The molecule has 1 aromatic heterocycles. The van der Waals surface area contributed by atoms with Crippen molar-refractivity contribution < 1.29 is 9.32 Å². The Bertz CT molecular complexity index is 692. The fraction of sp³-hybridized carbons (Fsp3) is 0.810. The quantitative estimate of drug-likeness (QED) is 0.769. The number of hydrogen-bond acceptors (Lipinski definition) is 4. The lowest BCUT2D eigenvalue weighted by Crippen LogP contribution is -2.46. The third-order valence-corrected chi connectivity index (χ3v) is 9.47. The second-order valence-electron chi connectivity index (χ2n) is 9.44. The van der Waals surface area contributed by atoms with Crippen LogP contribution in [-0.2, 0) is 0 Å². The van der Waals surface area contributed by atoms with Gasteiger partial charge in [0, 0.05) is 11.3 Å². The van der Waals surface area contributed by atoms with Gasteiger partial charge in [-0.1, -0.05) is 45.2 Å². The van der Waals surface area contributed by atoms with Gasteiger partial charge in [-0.3, -0.25) is 4.79 Å². The van der Waals surface area contributed by atoms with Crippen LogP contribution in [0.5, 0.6) is 0 Å². The minimum Gasteiger partial charge on any atom is -0.350 e. The predicted octanol–water partition coefficient (Wildman–Crippen LogP) is 5.35. The molecule has 144 valence electrons. The van der Waals surface area contributed by atoms with Gasteiger partial charge in [-0.15, -0.1) is 11.8 Å². The standard InChI is InChI=1S/C21H32N2O2S/c1-13-18(26-15-8-6-5-7-9-15)17(25-23-13)19(24)22-16-12-14-10-11-21(16,4)20(14,2)3/h14-16H,5-12H2,1-4H3,(H,22,24)/t14-,16?,21+/m0/s1. The van der Waals surface area contributed by atoms with Gasteiger partial charge < -0.3 is 9.84 Å². The first kappa shape index (κ1) is 18.4. The molecule has 3 aliphatic carbocycles. The predicted molar refractivity (Wildman–Crippen MR) is 104 cm³/mol. The van der Waals surface area contributed by atoms with E-state index in [1.807, 2.05) is 18.7 Å². The fourth-order valence-electron chi connectivity index (χ4n) is 5.64. The Kier molecular flexibility index (Phi) is 4.65. The van der Waals surface area contributed by atoms with E-state index in [1.165, 1.54) is 44.9 Å². The van der Waals surface area contributed by atoms with Crippen LogP contribution in [-0.4, -0.2) is 22.4 Å². The number of thioether (sulfide) groups is 1. The third-order valence-electron chi connectivity index (χ3n) is 7.95. The molecule has 2 bridgehead atoms. The van der Waals surface area contributed by atoms with Gasteiger partial charge in [0.05, 0.1) is 10.6 Å². The van der Waals surface area contributed by atoms with Gasteiger partial charge in [0.25, 0.3) is 5.91 Å². The first-order valence-electron chi connectivity index (χ1n) is 10.3. The number of carbonyl (C=O) groups is 1. The molecule has 5 heteroatoms. The highest BCUT2D eigenvalue weighted by atomic mass is 32.2. The summed E-state index contributed by atoms with van der Waals surface area (Å²) in [6, 6.07) is 0.238. The maximum absolute atomic E-state index is 13.0. The zero-order valence-electron chi connectivity index (χ0n) is 16.6. The highest BCUT2D eigenvalue weighted by Gasteiger charge is 2.61. The van der Waals surface area contributed by atoms with Crippen molar-refractivity contribution in [1.82, 2.24) is 10.5 Å². The number of fused-ring (bicyclic) bond motifs is 2. The van der Waals surface area contributed by atoms with Gasteiger partial charge in [0.2, 0.25) is 5.76 Å². The summed E-state index contributed by atoms with van der Waals surface area (Å²) < 4.78 is 5.49. The topological polar surface area (TPSA) is 55.1 Å². The van der Waals surface area contributed by atoms with Crippen molar-refractivity contribution in [1.29, 1.82) is 0 Å². The molecule has 0 radical (unpaired) electrons. The molecule has 4 rings (SSSR count). The van der Waals surface area contributed by atoms with E-state index >= 15 is 0 Å². The molecule has 1 unspecified atom stereocenters. The number of nitrogens with one attached hydrogen (secondary N) is 1. The summed E-state index contributed by atoms with van der Waals surface area (Å²) in [5.74, 6) is 1.08. The zero-order chi connectivity index (χ0) is 18.5. The minimum atomic E-state index is -0.0708. The largest absolute Gasteiger partial charge is 0.350 e. The van der Waals surface area contributed by atoms with Gasteiger partial charge >= 0.3 is 0 Å². The SMILES string of the molecule is Cc1noc(C(=O)NC2C[C@@H]3CC[C@@]2(C)C3(C)C)c1SC1CCCCC1. The summed E-state index contributed by atoms with van der Waals surface area (Å²) in [4.78, 5) is 14.0. The van der Waals surface area contributed by atoms with Crippen LogP contribution in [0.4, 0.5) is 0 Å². The van der Waals surface area contributed by atoms with E-state index in [4.69, 9.17) is 4.52 Å². The molecule has 0 aliphatic heterocycles. The molecule has 0 saturated heterocycles. The summed E-state index contributed by atoms with van der Waals surface area (Å²) in [5.41, 5.74) is 1.33. The normalized spacial score (nSPS) is 33.5. The molecule has 1 heterocycles. The van der Waals surface area contributed by atoms with E-state index in [0.29, 0.717) is 22.3 Å². The zero-order valence-corrected chi connectivity index (χ0v) is 17.4. The van der Waals surface area contributed by atoms with Crippen LogP contribution in [0.25, 0.3) is 0 Å². The summed E-state index contributed by atoms with van der Waals surface area (Å²) in [6.45, 7) is 9.06. The van der Waals surface area contributed by atoms with Crippen molar-refractivity contribution in [2.45, 2.75) is 95.2 Å². The lowest BCUT2D eigenvalue weighted by atomic mass is 9.69. The number of aryl methyl sites for hydroxylation is 1. The molecular formula is C21H32N2O2S. The summed E-state index contributed by atoms with van der Waals surface area (Å²) >= 11 is 1.81. The van der Waals surface area contributed by atoms with Crippen molar-refractivity contribution in [3.63, 3.8) is 0 Å². The Balaban J connectivity index is 1.49. The second kappa shape index (κ2) is 6.57. The summed E-state index contributed by atoms with van der Waals surface area (Å²) in [5, 5.41) is 8.03. The van der Waals surface area contributed by atoms with Crippen LogP contribution < -0.4 is 5.32 Å². The number of carbonyl (C=O) groups excluding carboxylic acids is 1. The van der Waals surface area contributed by atoms with E-state index in [2.05, 4.69) is 31.2 Å². The van der Waals surface area contributed by atoms with Crippen LogP contribution in [0.3, 0.4) is 0 Å². The van der Waals surface area contributed by atoms with E-state index < -0.39 is 0 Å². The van der Waals surface area contributed by atoms with Crippen molar-refractivity contribution in [3.05, 3.63) is 11.5 Å². The van der Waals surface area contributed by atoms with Crippen molar-refractivity contribution in [2.24, 2.45) is 16.7 Å². The second-order valence-corrected chi connectivity index (χ2v) is 10.8. The molecule has 3 aliphatic rings. The van der Waals surface area contributed by atoms with E-state index in [1.54, 1.807) is 0 Å². The van der Waals surface area contributed by atoms with Crippen LogP contribution >= 0.6 is 11.8 Å². The van der Waals surface area contributed by atoms with Crippen LogP contribution in [0, 0.1) is 23.7 Å². The Morgan fingerprint density at radius 2 is 1.92 bits per heavy atom. The van der Waals surface area contributed by atoms with Crippen molar-refractivity contribution >= 4 is 17.7 Å². The van der Waals surface area contributed by atoms with Crippen LogP contribution in [0.1, 0.15) is 88.4 Å². The third kappa shape index (κ3) is 2.81. The molecule has 4 nitrogen and oxygen atoms in total. The Labute approximate surface area is 161 Å². The first-order chi connectivity index (χ1) is 12.3. The van der Waals surface area contributed by atoms with Gasteiger partial charge in [-0.2, -0.15) is 0 Å². The number of rotatable bonds is 4. The molecule has 0 aromatic carbocycles. The van der Waals surface area contributed by atoms with E-state index in [9.17, 15) is 4.79 Å². The monoisotopic (exact) mass is 376 g/mol. The van der Waals surface area contributed by atoms with Gasteiger partial charge in [-0.25, -0.2) is 0 Å². The molecule has 3 saturated carbocycles. The average molecular weight is 377 g/mol. The lowest BCUT2D eigenvalue weighted by Gasteiger charge is -2.39. The number of hydrogen-bond donors (Lipinski definition) is 1. The number of aromatic nitrogens is 1. The van der Waals surface area contributed by atoms with E-state index in [-0.39, 0.29) is 17.4 Å². The highest BCUT2D eigenvalue weighted by molar-refractivity contribution is 8.00. The molecule has 3 fully saturated rings. The summed E-state index contributed by atoms with van der Waals surface area (Å²) in [7, 11) is 0. The maximum Gasteiger partial charge on any atom is 0.291 e. The van der Waals surface area contributed by atoms with Gasteiger partial charge in [0.15, 0.2) is 0 Å². The smallest absolute Gasteiger partial charge is 0.291 e. The van der Waals surface area contributed by atoms with E-state index in [0.717, 1.165) is 17.0 Å². The number of nitrogens with zero attached hydrogens (tertiary/aromatic N) is 1. The number of amides is 1. The Hall–Kier alpha value is -0.970. The summed E-state index contributed by atoms with van der Waals surface area (Å²) in [6.07, 6.45) is 9.97. The maximum atomic E-state index is 13.0. The minimum absolute atomic E-state index is 0.0708. The molecule has 1 N–H and O–H groups in total. The van der Waals surface area contributed by atoms with Gasteiger partial charge in [-0.05, 0) is 55.8 Å². The van der Waals surface area contributed by atoms with Crippen LogP contribution in [0.2, 0.25) is 0 Å². The molecule has 26 heavy (non-hydrogen) atoms. The molecule has 3 atom stereocenters. The van der Waals surface area contributed by atoms with Crippen molar-refractivity contribution in [3.8, 4) is 0 Å². The highest BCUT2D eigenvalue weighted by Crippen LogP contribution is 2.65.